The van der Waals surface area contributed by atoms with E-state index < -0.39 is 5.82 Å². The van der Waals surface area contributed by atoms with Gasteiger partial charge in [0.05, 0.1) is 0 Å². The average molecular weight is 283 g/mol. The Morgan fingerprint density at radius 2 is 2.14 bits per heavy atom. The number of halogens is 1. The number of pyridine rings is 1. The van der Waals surface area contributed by atoms with E-state index in [9.17, 15) is 9.65 Å². The van der Waals surface area contributed by atoms with Crippen molar-refractivity contribution in [3.8, 4) is 17.7 Å². The molecule has 1 heterocycles. The molecule has 5 heteroatoms. The van der Waals surface area contributed by atoms with Crippen LogP contribution in [0.5, 0.6) is 11.6 Å². The Hall–Kier alpha value is -2.61. The summed E-state index contributed by atoms with van der Waals surface area (Å²) in [5, 5.41) is 9.21. The predicted molar refractivity (Wildman–Crippen MR) is 76.6 cm³/mol. The maximum Gasteiger partial charge on any atom is 0.237 e. The molecule has 0 radical (unpaired) electrons. The smallest absolute Gasteiger partial charge is 0.237 e. The maximum atomic E-state index is 13.9. The van der Waals surface area contributed by atoms with Crippen molar-refractivity contribution >= 4 is 5.69 Å². The summed E-state index contributed by atoms with van der Waals surface area (Å²) in [5.41, 5.74) is 9.05. The quantitative estimate of drug-likeness (QED) is 0.859. The van der Waals surface area contributed by atoms with E-state index >= 15 is 0 Å². The highest BCUT2D eigenvalue weighted by molar-refractivity contribution is 5.52. The van der Waals surface area contributed by atoms with Crippen LogP contribution < -0.4 is 10.5 Å². The first-order valence-corrected chi connectivity index (χ1v) is 6.75. The molecule has 0 fully saturated rings. The summed E-state index contributed by atoms with van der Waals surface area (Å²) in [5.74, 6) is -0.380. The summed E-state index contributed by atoms with van der Waals surface area (Å²) in [6, 6.07) is 6.57. The minimum Gasteiger partial charge on any atom is -0.435 e. The van der Waals surface area contributed by atoms with E-state index in [0.29, 0.717) is 16.8 Å². The number of ether oxygens (including phenoxy) is 1. The minimum absolute atomic E-state index is 0.0312. The van der Waals surface area contributed by atoms with Gasteiger partial charge in [0.25, 0.3) is 0 Å². The molecule has 21 heavy (non-hydrogen) atoms. The zero-order valence-electron chi connectivity index (χ0n) is 11.6. The predicted octanol–water partition coefficient (Wildman–Crippen LogP) is 3.26. The summed E-state index contributed by atoms with van der Waals surface area (Å²) in [4.78, 5) is 4.37. The number of aromatic nitrogens is 1. The number of nitrogens with two attached hydrogens (primary N) is 1. The van der Waals surface area contributed by atoms with Crippen molar-refractivity contribution in [3.63, 3.8) is 0 Å². The Bertz CT molecular complexity index is 765. The number of benzene rings is 1. The zero-order valence-corrected chi connectivity index (χ0v) is 11.6. The van der Waals surface area contributed by atoms with Crippen molar-refractivity contribution in [2.45, 2.75) is 26.2 Å². The molecule has 0 aliphatic heterocycles. The molecule has 4 nitrogen and oxygen atoms in total. The molecule has 0 bridgehead atoms. The average Bonchev–Trinajstić information content (AvgIpc) is 2.91. The SMILES string of the molecule is Cc1cc(Oc2nc3c(cc2C#N)CCC3)c(F)cc1N. The molecule has 0 atom stereocenters. The Morgan fingerprint density at radius 1 is 1.33 bits per heavy atom. The second-order valence-corrected chi connectivity index (χ2v) is 5.15. The Morgan fingerprint density at radius 3 is 2.90 bits per heavy atom. The van der Waals surface area contributed by atoms with Crippen molar-refractivity contribution in [3.05, 3.63) is 46.4 Å². The summed E-state index contributed by atoms with van der Waals surface area (Å²) >= 11 is 0. The number of nitrogen functional groups attached to an aromatic ring is 1. The third kappa shape index (κ3) is 2.40. The van der Waals surface area contributed by atoms with E-state index in [4.69, 9.17) is 10.5 Å². The molecule has 0 unspecified atom stereocenters. The highest BCUT2D eigenvalue weighted by atomic mass is 19.1. The fourth-order valence-electron chi connectivity index (χ4n) is 2.46. The first kappa shape index (κ1) is 13.4. The van der Waals surface area contributed by atoms with Crippen LogP contribution in [0.3, 0.4) is 0 Å². The third-order valence-corrected chi connectivity index (χ3v) is 3.66. The van der Waals surface area contributed by atoms with Crippen molar-refractivity contribution in [2.75, 3.05) is 5.73 Å². The standard InChI is InChI=1S/C16H14FN3O/c1-9-5-15(12(17)7-13(9)19)21-16-11(8-18)6-10-3-2-4-14(10)20-16/h5-7H,2-4,19H2,1H3. The van der Waals surface area contributed by atoms with Crippen LogP contribution in [-0.2, 0) is 12.8 Å². The fraction of sp³-hybridized carbons (Fsp3) is 0.250. The van der Waals surface area contributed by atoms with Gasteiger partial charge in [-0.1, -0.05) is 0 Å². The molecular weight excluding hydrogens is 269 g/mol. The largest absolute Gasteiger partial charge is 0.435 e. The van der Waals surface area contributed by atoms with E-state index in [-0.39, 0.29) is 11.6 Å². The number of nitriles is 1. The van der Waals surface area contributed by atoms with Crippen LogP contribution in [0.15, 0.2) is 18.2 Å². The van der Waals surface area contributed by atoms with E-state index in [1.807, 2.05) is 0 Å². The third-order valence-electron chi connectivity index (χ3n) is 3.66. The van der Waals surface area contributed by atoms with Gasteiger partial charge in [-0.2, -0.15) is 5.26 Å². The molecule has 1 aliphatic rings. The molecule has 1 aromatic carbocycles. The first-order chi connectivity index (χ1) is 10.1. The normalized spacial score (nSPS) is 12.8. The monoisotopic (exact) mass is 283 g/mol. The van der Waals surface area contributed by atoms with Crippen LogP contribution in [0.1, 0.15) is 28.8 Å². The first-order valence-electron chi connectivity index (χ1n) is 6.75. The lowest BCUT2D eigenvalue weighted by molar-refractivity contribution is 0.424. The van der Waals surface area contributed by atoms with Gasteiger partial charge in [0, 0.05) is 17.4 Å². The molecule has 2 aromatic rings. The number of hydrogen-bond donors (Lipinski definition) is 1. The molecule has 0 saturated heterocycles. The van der Waals surface area contributed by atoms with Crippen molar-refractivity contribution < 1.29 is 9.13 Å². The van der Waals surface area contributed by atoms with Crippen LogP contribution in [-0.4, -0.2) is 4.98 Å². The van der Waals surface area contributed by atoms with Crippen LogP contribution >= 0.6 is 0 Å². The van der Waals surface area contributed by atoms with Crippen LogP contribution in [0, 0.1) is 24.1 Å². The van der Waals surface area contributed by atoms with Crippen LogP contribution in [0.2, 0.25) is 0 Å². The highest BCUT2D eigenvalue weighted by Gasteiger charge is 2.19. The lowest BCUT2D eigenvalue weighted by atomic mass is 10.1. The number of rotatable bonds is 2. The molecule has 0 spiro atoms. The van der Waals surface area contributed by atoms with Crippen LogP contribution in [0.4, 0.5) is 10.1 Å². The highest BCUT2D eigenvalue weighted by Crippen LogP contribution is 2.32. The molecule has 0 amide bonds. The Balaban J connectivity index is 2.02. The Kier molecular flexibility index (Phi) is 3.22. The van der Waals surface area contributed by atoms with Gasteiger partial charge in [0.2, 0.25) is 5.88 Å². The van der Waals surface area contributed by atoms with E-state index in [0.717, 1.165) is 30.5 Å². The van der Waals surface area contributed by atoms with Gasteiger partial charge in [0.1, 0.15) is 11.6 Å². The summed E-state index contributed by atoms with van der Waals surface area (Å²) in [6.07, 6.45) is 2.80. The lowest BCUT2D eigenvalue weighted by Gasteiger charge is -2.11. The van der Waals surface area contributed by atoms with Gasteiger partial charge in [-0.15, -0.1) is 0 Å². The van der Waals surface area contributed by atoms with E-state index in [1.54, 1.807) is 13.0 Å². The Labute approximate surface area is 122 Å². The summed E-state index contributed by atoms with van der Waals surface area (Å²) in [7, 11) is 0. The summed E-state index contributed by atoms with van der Waals surface area (Å²) in [6.45, 7) is 1.77. The molecule has 1 aliphatic carbocycles. The van der Waals surface area contributed by atoms with Gasteiger partial charge in [0.15, 0.2) is 11.6 Å². The molecule has 106 valence electrons. The molecule has 0 saturated carbocycles. The van der Waals surface area contributed by atoms with E-state index in [2.05, 4.69) is 11.1 Å². The van der Waals surface area contributed by atoms with Gasteiger partial charge in [-0.3, -0.25) is 0 Å². The molecule has 3 rings (SSSR count). The number of fused-ring (bicyclic) bond motifs is 1. The molecular formula is C16H14FN3O. The van der Waals surface area contributed by atoms with Crippen molar-refractivity contribution in [2.24, 2.45) is 0 Å². The van der Waals surface area contributed by atoms with Crippen LogP contribution in [0.25, 0.3) is 0 Å². The number of aryl methyl sites for hydroxylation is 3. The second-order valence-electron chi connectivity index (χ2n) is 5.15. The van der Waals surface area contributed by atoms with Crippen molar-refractivity contribution in [1.82, 2.24) is 4.98 Å². The lowest BCUT2D eigenvalue weighted by Crippen LogP contribution is -2.00. The van der Waals surface area contributed by atoms with E-state index in [1.165, 1.54) is 12.1 Å². The maximum absolute atomic E-state index is 13.9. The minimum atomic E-state index is -0.565. The molecule has 1 aromatic heterocycles. The van der Waals surface area contributed by atoms with Crippen molar-refractivity contribution in [1.29, 1.82) is 5.26 Å². The van der Waals surface area contributed by atoms with Gasteiger partial charge in [-0.25, -0.2) is 9.37 Å². The zero-order chi connectivity index (χ0) is 15.0. The molecule has 2 N–H and O–H groups in total. The van der Waals surface area contributed by atoms with Gasteiger partial charge < -0.3 is 10.5 Å². The number of anilines is 1. The summed E-state index contributed by atoms with van der Waals surface area (Å²) < 4.78 is 19.4. The van der Waals surface area contributed by atoms with Gasteiger partial charge >= 0.3 is 0 Å². The topological polar surface area (TPSA) is 71.9 Å². The number of nitrogens with zero attached hydrogens (tertiary/aromatic N) is 2. The van der Waals surface area contributed by atoms with Gasteiger partial charge in [-0.05, 0) is 49.4 Å². The number of hydrogen-bond acceptors (Lipinski definition) is 4. The fourth-order valence-corrected chi connectivity index (χ4v) is 2.46. The second kappa shape index (κ2) is 5.06.